The van der Waals surface area contributed by atoms with E-state index in [0.29, 0.717) is 12.5 Å². The van der Waals surface area contributed by atoms with E-state index in [-0.39, 0.29) is 23.8 Å². The van der Waals surface area contributed by atoms with E-state index < -0.39 is 0 Å². The third kappa shape index (κ3) is 5.41. The number of hydrogen-bond acceptors (Lipinski definition) is 5. The minimum Gasteiger partial charge on any atom is -0.355 e. The maximum absolute atomic E-state index is 12.6. The van der Waals surface area contributed by atoms with Crippen molar-refractivity contribution < 1.29 is 9.59 Å². The number of piperidine rings is 1. The van der Waals surface area contributed by atoms with Crippen molar-refractivity contribution >= 4 is 11.8 Å². The third-order valence-electron chi connectivity index (χ3n) is 6.29. The Bertz CT molecular complexity index is 481. The van der Waals surface area contributed by atoms with Crippen LogP contribution < -0.4 is 16.2 Å². The second kappa shape index (κ2) is 9.67. The molecule has 3 N–H and O–H groups in total. The Labute approximate surface area is 157 Å². The van der Waals surface area contributed by atoms with E-state index in [1.54, 1.807) is 0 Å². The van der Waals surface area contributed by atoms with Crippen LogP contribution in [0.3, 0.4) is 0 Å². The number of likely N-dealkylation sites (N-methyl/N-ethyl adjacent to an activating group) is 1. The van der Waals surface area contributed by atoms with Crippen LogP contribution in [-0.4, -0.2) is 73.5 Å². The smallest absolute Gasteiger partial charge is 0.235 e. The minimum absolute atomic E-state index is 0.0403. The highest BCUT2D eigenvalue weighted by molar-refractivity contribution is 5.79. The molecular weight excluding hydrogens is 330 g/mol. The number of hydrazine groups is 1. The molecule has 2 aliphatic heterocycles. The van der Waals surface area contributed by atoms with Gasteiger partial charge in [0.15, 0.2) is 0 Å². The molecule has 2 atom stereocenters. The van der Waals surface area contributed by atoms with Crippen molar-refractivity contribution in [1.29, 1.82) is 0 Å². The predicted octanol–water partition coefficient (Wildman–Crippen LogP) is 0.472. The monoisotopic (exact) mass is 365 g/mol. The fraction of sp³-hybridized carbons (Fsp3) is 0.895. The van der Waals surface area contributed by atoms with E-state index in [2.05, 4.69) is 33.0 Å². The molecule has 0 bridgehead atoms. The standard InChI is InChI=1S/C19H35N5O2/c1-23(16-7-3-2-4-8-16)11-9-20-19(26)15-6-5-10-24(14-15)17-12-18(25)22-21-13-17/h15-17,21H,2-14H2,1H3,(H,20,26)(H,22,25). The van der Waals surface area contributed by atoms with Crippen LogP contribution in [0.1, 0.15) is 51.4 Å². The number of carbonyl (C=O) groups is 2. The molecule has 0 aromatic carbocycles. The highest BCUT2D eigenvalue weighted by Gasteiger charge is 2.32. The van der Waals surface area contributed by atoms with Crippen LogP contribution in [0.2, 0.25) is 0 Å². The van der Waals surface area contributed by atoms with Crippen molar-refractivity contribution in [2.75, 3.05) is 39.8 Å². The quantitative estimate of drug-likeness (QED) is 0.638. The fourth-order valence-corrected chi connectivity index (χ4v) is 4.62. The Hall–Kier alpha value is -1.18. The predicted molar refractivity (Wildman–Crippen MR) is 101 cm³/mol. The Morgan fingerprint density at radius 3 is 2.81 bits per heavy atom. The van der Waals surface area contributed by atoms with E-state index in [1.165, 1.54) is 32.1 Å². The van der Waals surface area contributed by atoms with E-state index in [0.717, 1.165) is 45.6 Å². The lowest BCUT2D eigenvalue weighted by atomic mass is 9.94. The Morgan fingerprint density at radius 1 is 1.23 bits per heavy atom. The van der Waals surface area contributed by atoms with Crippen LogP contribution >= 0.6 is 0 Å². The van der Waals surface area contributed by atoms with Crippen LogP contribution in [0.5, 0.6) is 0 Å². The van der Waals surface area contributed by atoms with Gasteiger partial charge in [0.2, 0.25) is 11.8 Å². The van der Waals surface area contributed by atoms with Gasteiger partial charge in [-0.05, 0) is 39.3 Å². The van der Waals surface area contributed by atoms with Gasteiger partial charge < -0.3 is 10.2 Å². The maximum atomic E-state index is 12.6. The van der Waals surface area contributed by atoms with Crippen LogP contribution in [0, 0.1) is 5.92 Å². The number of likely N-dealkylation sites (tertiary alicyclic amines) is 1. The maximum Gasteiger partial charge on any atom is 0.235 e. The molecule has 1 aliphatic carbocycles. The topological polar surface area (TPSA) is 76.7 Å². The molecular formula is C19H35N5O2. The fourth-order valence-electron chi connectivity index (χ4n) is 4.62. The molecule has 26 heavy (non-hydrogen) atoms. The lowest BCUT2D eigenvalue weighted by Gasteiger charge is -2.39. The third-order valence-corrected chi connectivity index (χ3v) is 6.29. The van der Waals surface area contributed by atoms with Crippen molar-refractivity contribution in [1.82, 2.24) is 26.0 Å². The van der Waals surface area contributed by atoms with Crippen molar-refractivity contribution in [3.8, 4) is 0 Å². The van der Waals surface area contributed by atoms with Gasteiger partial charge in [0.25, 0.3) is 0 Å². The zero-order valence-corrected chi connectivity index (χ0v) is 16.1. The molecule has 2 unspecified atom stereocenters. The van der Waals surface area contributed by atoms with Gasteiger partial charge in [-0.1, -0.05) is 19.3 Å². The number of hydrogen-bond donors (Lipinski definition) is 3. The van der Waals surface area contributed by atoms with Gasteiger partial charge in [-0.2, -0.15) is 0 Å². The summed E-state index contributed by atoms with van der Waals surface area (Å²) >= 11 is 0. The highest BCUT2D eigenvalue weighted by atomic mass is 16.2. The average molecular weight is 366 g/mol. The molecule has 1 saturated carbocycles. The summed E-state index contributed by atoms with van der Waals surface area (Å²) in [5, 5.41) is 3.15. The van der Waals surface area contributed by atoms with Gasteiger partial charge in [0.1, 0.15) is 0 Å². The summed E-state index contributed by atoms with van der Waals surface area (Å²) in [4.78, 5) is 28.9. The molecule has 0 aromatic heterocycles. The largest absolute Gasteiger partial charge is 0.355 e. The van der Waals surface area contributed by atoms with Gasteiger partial charge in [-0.25, -0.2) is 5.43 Å². The minimum atomic E-state index is 0.0403. The summed E-state index contributed by atoms with van der Waals surface area (Å²) < 4.78 is 0. The van der Waals surface area contributed by atoms with Gasteiger partial charge in [0, 0.05) is 44.7 Å². The summed E-state index contributed by atoms with van der Waals surface area (Å²) in [5.41, 5.74) is 5.61. The lowest BCUT2D eigenvalue weighted by Crippen LogP contribution is -2.57. The number of carbonyl (C=O) groups excluding carboxylic acids is 2. The first-order valence-corrected chi connectivity index (χ1v) is 10.4. The van der Waals surface area contributed by atoms with Crippen molar-refractivity contribution in [2.45, 2.75) is 63.5 Å². The first-order chi connectivity index (χ1) is 12.6. The highest BCUT2D eigenvalue weighted by Crippen LogP contribution is 2.22. The molecule has 2 saturated heterocycles. The summed E-state index contributed by atoms with van der Waals surface area (Å²) in [6.07, 6.45) is 9.15. The summed E-state index contributed by atoms with van der Waals surface area (Å²) in [5.74, 6) is 0.271. The lowest BCUT2D eigenvalue weighted by molar-refractivity contribution is -0.128. The molecule has 7 nitrogen and oxygen atoms in total. The second-order valence-electron chi connectivity index (χ2n) is 8.18. The van der Waals surface area contributed by atoms with Gasteiger partial charge >= 0.3 is 0 Å². The molecule has 3 aliphatic rings. The molecule has 3 fully saturated rings. The first kappa shape index (κ1) is 19.6. The number of nitrogens with one attached hydrogen (secondary N) is 3. The van der Waals surface area contributed by atoms with E-state index in [1.807, 2.05) is 0 Å². The van der Waals surface area contributed by atoms with Crippen molar-refractivity contribution in [2.24, 2.45) is 5.92 Å². The number of nitrogens with zero attached hydrogens (tertiary/aromatic N) is 2. The molecule has 3 rings (SSSR count). The summed E-state index contributed by atoms with van der Waals surface area (Å²) in [7, 11) is 2.19. The van der Waals surface area contributed by atoms with Gasteiger partial charge in [-0.3, -0.25) is 19.9 Å². The molecule has 0 aromatic rings. The van der Waals surface area contributed by atoms with Crippen molar-refractivity contribution in [3.63, 3.8) is 0 Å². The zero-order valence-electron chi connectivity index (χ0n) is 16.1. The Balaban J connectivity index is 1.39. The summed E-state index contributed by atoms with van der Waals surface area (Å²) in [6, 6.07) is 0.896. The zero-order chi connectivity index (χ0) is 18.4. The molecule has 2 heterocycles. The molecule has 0 spiro atoms. The SMILES string of the molecule is CN(CCNC(=O)C1CCCN(C2CNNC(=O)C2)C1)C1CCCCC1. The first-order valence-electron chi connectivity index (χ1n) is 10.4. The molecule has 7 heteroatoms. The van der Waals surface area contributed by atoms with E-state index >= 15 is 0 Å². The Kier molecular flexibility index (Phi) is 7.28. The van der Waals surface area contributed by atoms with E-state index in [9.17, 15) is 9.59 Å². The molecule has 0 radical (unpaired) electrons. The van der Waals surface area contributed by atoms with E-state index in [4.69, 9.17) is 0 Å². The normalized spacial score (nSPS) is 28.8. The molecule has 148 valence electrons. The average Bonchev–Trinajstić information content (AvgIpc) is 2.68. The molecule has 2 amide bonds. The van der Waals surface area contributed by atoms with Crippen LogP contribution in [-0.2, 0) is 9.59 Å². The van der Waals surface area contributed by atoms with Crippen LogP contribution in [0.4, 0.5) is 0 Å². The second-order valence-corrected chi connectivity index (χ2v) is 8.18. The summed E-state index contributed by atoms with van der Waals surface area (Å²) in [6.45, 7) is 4.17. The van der Waals surface area contributed by atoms with Crippen LogP contribution in [0.25, 0.3) is 0 Å². The number of rotatable bonds is 6. The van der Waals surface area contributed by atoms with Gasteiger partial charge in [0.05, 0.1) is 5.92 Å². The Morgan fingerprint density at radius 2 is 2.04 bits per heavy atom. The van der Waals surface area contributed by atoms with Gasteiger partial charge in [-0.15, -0.1) is 0 Å². The number of amides is 2. The van der Waals surface area contributed by atoms with Crippen molar-refractivity contribution in [3.05, 3.63) is 0 Å². The van der Waals surface area contributed by atoms with Crippen LogP contribution in [0.15, 0.2) is 0 Å².